The van der Waals surface area contributed by atoms with E-state index in [4.69, 9.17) is 15.2 Å². The van der Waals surface area contributed by atoms with Gasteiger partial charge in [-0.25, -0.2) is 0 Å². The second-order valence-electron chi connectivity index (χ2n) is 4.72. The number of primary amides is 1. The van der Waals surface area contributed by atoms with Crippen molar-refractivity contribution in [1.82, 2.24) is 4.90 Å². The molecule has 1 heterocycles. The number of hydrogen-bond donors (Lipinski definition) is 1. The normalized spacial score (nSPS) is 15.4. The van der Waals surface area contributed by atoms with Gasteiger partial charge in [0.1, 0.15) is 0 Å². The summed E-state index contributed by atoms with van der Waals surface area (Å²) in [6, 6.07) is 5.78. The molecule has 5 nitrogen and oxygen atoms in total. The number of carbonyl (C=O) groups excluding carboxylic acids is 1. The number of benzene rings is 1. The van der Waals surface area contributed by atoms with Crippen LogP contribution in [0.2, 0.25) is 0 Å². The van der Waals surface area contributed by atoms with Gasteiger partial charge in [0, 0.05) is 6.54 Å². The lowest BCUT2D eigenvalue weighted by molar-refractivity contribution is -0.119. The molecule has 1 aromatic carbocycles. The Kier molecular flexibility index (Phi) is 4.63. The van der Waals surface area contributed by atoms with Crippen LogP contribution in [0.1, 0.15) is 18.4 Å². The predicted octanol–water partition coefficient (Wildman–Crippen LogP) is 1.16. The van der Waals surface area contributed by atoms with E-state index >= 15 is 0 Å². The molecule has 2 rings (SSSR count). The molecular formula is C14H20N2O3. The first-order chi connectivity index (χ1) is 9.19. The van der Waals surface area contributed by atoms with Gasteiger partial charge in [-0.2, -0.15) is 0 Å². The first-order valence-electron chi connectivity index (χ1n) is 6.49. The average Bonchev–Trinajstić information content (AvgIpc) is 2.89. The number of likely N-dealkylation sites (tertiary alicyclic amines) is 1. The van der Waals surface area contributed by atoms with Crippen LogP contribution >= 0.6 is 0 Å². The Morgan fingerprint density at radius 1 is 1.32 bits per heavy atom. The first-order valence-corrected chi connectivity index (χ1v) is 6.49. The van der Waals surface area contributed by atoms with Gasteiger partial charge in [0.05, 0.1) is 7.11 Å². The molecule has 1 amide bonds. The van der Waals surface area contributed by atoms with Crippen LogP contribution in [-0.4, -0.2) is 37.6 Å². The zero-order valence-electron chi connectivity index (χ0n) is 11.2. The fourth-order valence-electron chi connectivity index (χ4n) is 2.28. The van der Waals surface area contributed by atoms with Crippen molar-refractivity contribution >= 4 is 5.91 Å². The number of hydrogen-bond acceptors (Lipinski definition) is 4. The molecule has 1 aliphatic heterocycles. The van der Waals surface area contributed by atoms with E-state index in [0.717, 1.165) is 19.6 Å². The second kappa shape index (κ2) is 6.43. The van der Waals surface area contributed by atoms with Crippen LogP contribution in [0.4, 0.5) is 0 Å². The van der Waals surface area contributed by atoms with E-state index < -0.39 is 5.91 Å². The summed E-state index contributed by atoms with van der Waals surface area (Å²) >= 11 is 0. The molecule has 1 aliphatic rings. The van der Waals surface area contributed by atoms with Crippen LogP contribution in [0, 0.1) is 0 Å². The van der Waals surface area contributed by atoms with Crippen LogP contribution in [0.25, 0.3) is 0 Å². The topological polar surface area (TPSA) is 64.8 Å². The van der Waals surface area contributed by atoms with Crippen molar-refractivity contribution in [3.8, 4) is 11.5 Å². The summed E-state index contributed by atoms with van der Waals surface area (Å²) in [7, 11) is 1.59. The Labute approximate surface area is 113 Å². The van der Waals surface area contributed by atoms with Gasteiger partial charge in [-0.05, 0) is 43.6 Å². The maximum atomic E-state index is 10.7. The molecule has 0 atom stereocenters. The highest BCUT2D eigenvalue weighted by Crippen LogP contribution is 2.28. The van der Waals surface area contributed by atoms with E-state index in [0.29, 0.717) is 11.5 Å². The molecule has 1 fully saturated rings. The van der Waals surface area contributed by atoms with Gasteiger partial charge in [-0.15, -0.1) is 0 Å². The van der Waals surface area contributed by atoms with Crippen LogP contribution in [0.5, 0.6) is 11.5 Å². The maximum Gasteiger partial charge on any atom is 0.255 e. The first kappa shape index (κ1) is 13.7. The van der Waals surface area contributed by atoms with Crippen molar-refractivity contribution in [2.45, 2.75) is 19.4 Å². The average molecular weight is 264 g/mol. The molecule has 104 valence electrons. The summed E-state index contributed by atoms with van der Waals surface area (Å²) < 4.78 is 10.6. The summed E-state index contributed by atoms with van der Waals surface area (Å²) in [5.74, 6) is 0.688. The fraction of sp³-hybridized carbons (Fsp3) is 0.500. The minimum atomic E-state index is -0.497. The van der Waals surface area contributed by atoms with E-state index in [1.807, 2.05) is 18.2 Å². The summed E-state index contributed by atoms with van der Waals surface area (Å²) in [5.41, 5.74) is 6.24. The number of ether oxygens (including phenoxy) is 2. The smallest absolute Gasteiger partial charge is 0.255 e. The highest BCUT2D eigenvalue weighted by atomic mass is 16.5. The third kappa shape index (κ3) is 3.86. The Bertz CT molecular complexity index is 442. The Morgan fingerprint density at radius 2 is 2.05 bits per heavy atom. The fourth-order valence-corrected chi connectivity index (χ4v) is 2.28. The van der Waals surface area contributed by atoms with Crippen LogP contribution < -0.4 is 15.2 Å². The zero-order chi connectivity index (χ0) is 13.7. The standard InChI is InChI=1S/C14H20N2O3/c1-18-13-8-11(9-16-6-2-3-7-16)4-5-12(13)19-10-14(15)17/h4-5,8H,2-3,6-7,9-10H2,1H3,(H2,15,17). The Hall–Kier alpha value is -1.75. The number of nitrogens with two attached hydrogens (primary N) is 1. The summed E-state index contributed by atoms with van der Waals surface area (Å²) in [4.78, 5) is 13.1. The van der Waals surface area contributed by atoms with Gasteiger partial charge in [0.2, 0.25) is 0 Å². The molecule has 2 N–H and O–H groups in total. The van der Waals surface area contributed by atoms with Crippen molar-refractivity contribution in [2.75, 3.05) is 26.8 Å². The predicted molar refractivity (Wildman–Crippen MR) is 72.2 cm³/mol. The van der Waals surface area contributed by atoms with Gasteiger partial charge in [0.25, 0.3) is 5.91 Å². The molecule has 0 radical (unpaired) electrons. The van der Waals surface area contributed by atoms with Gasteiger partial charge in [-0.1, -0.05) is 6.07 Å². The lowest BCUT2D eigenvalue weighted by Gasteiger charge is -2.16. The molecule has 5 heteroatoms. The highest BCUT2D eigenvalue weighted by molar-refractivity contribution is 5.75. The lowest BCUT2D eigenvalue weighted by Crippen LogP contribution is -2.20. The van der Waals surface area contributed by atoms with Gasteiger partial charge >= 0.3 is 0 Å². The van der Waals surface area contributed by atoms with E-state index in [1.54, 1.807) is 7.11 Å². The van der Waals surface area contributed by atoms with Gasteiger partial charge in [-0.3, -0.25) is 9.69 Å². The van der Waals surface area contributed by atoms with Crippen molar-refractivity contribution in [1.29, 1.82) is 0 Å². The number of amides is 1. The summed E-state index contributed by atoms with van der Waals surface area (Å²) in [6.07, 6.45) is 2.55. The molecular weight excluding hydrogens is 244 g/mol. The number of methoxy groups -OCH3 is 1. The molecule has 1 aromatic rings. The molecule has 1 saturated heterocycles. The molecule has 0 unspecified atom stereocenters. The van der Waals surface area contributed by atoms with E-state index in [2.05, 4.69) is 4.90 Å². The quantitative estimate of drug-likeness (QED) is 0.837. The van der Waals surface area contributed by atoms with E-state index in [9.17, 15) is 4.79 Å². The highest BCUT2D eigenvalue weighted by Gasteiger charge is 2.13. The van der Waals surface area contributed by atoms with Gasteiger partial charge in [0.15, 0.2) is 18.1 Å². The third-order valence-corrected chi connectivity index (χ3v) is 3.20. The molecule has 0 aromatic heterocycles. The molecule has 0 aliphatic carbocycles. The molecule has 0 spiro atoms. The summed E-state index contributed by atoms with van der Waals surface area (Å²) in [6.45, 7) is 3.10. The maximum absolute atomic E-state index is 10.7. The van der Waals surface area contributed by atoms with E-state index in [1.165, 1.54) is 18.4 Å². The SMILES string of the molecule is COc1cc(CN2CCCC2)ccc1OCC(N)=O. The van der Waals surface area contributed by atoms with E-state index in [-0.39, 0.29) is 6.61 Å². The monoisotopic (exact) mass is 264 g/mol. The minimum Gasteiger partial charge on any atom is -0.493 e. The second-order valence-corrected chi connectivity index (χ2v) is 4.72. The van der Waals surface area contributed by atoms with Crippen LogP contribution in [0.15, 0.2) is 18.2 Å². The number of rotatable bonds is 6. The Morgan fingerprint density at radius 3 is 2.68 bits per heavy atom. The molecule has 0 saturated carbocycles. The largest absolute Gasteiger partial charge is 0.493 e. The van der Waals surface area contributed by atoms with Crippen molar-refractivity contribution < 1.29 is 14.3 Å². The number of nitrogens with zero attached hydrogens (tertiary/aromatic N) is 1. The van der Waals surface area contributed by atoms with Crippen molar-refractivity contribution in [3.05, 3.63) is 23.8 Å². The molecule has 19 heavy (non-hydrogen) atoms. The number of carbonyl (C=O) groups is 1. The summed E-state index contributed by atoms with van der Waals surface area (Å²) in [5, 5.41) is 0. The van der Waals surface area contributed by atoms with Gasteiger partial charge < -0.3 is 15.2 Å². The van der Waals surface area contributed by atoms with Crippen molar-refractivity contribution in [3.63, 3.8) is 0 Å². The minimum absolute atomic E-state index is 0.137. The van der Waals surface area contributed by atoms with Crippen LogP contribution in [-0.2, 0) is 11.3 Å². The van der Waals surface area contributed by atoms with Crippen LogP contribution in [0.3, 0.4) is 0 Å². The Balaban J connectivity index is 2.04. The molecule has 0 bridgehead atoms. The zero-order valence-corrected chi connectivity index (χ0v) is 11.2. The van der Waals surface area contributed by atoms with Crippen molar-refractivity contribution in [2.24, 2.45) is 5.73 Å². The lowest BCUT2D eigenvalue weighted by atomic mass is 10.2. The third-order valence-electron chi connectivity index (χ3n) is 3.20.